The van der Waals surface area contributed by atoms with Crippen molar-refractivity contribution in [2.45, 2.75) is 51.6 Å². The molecule has 0 N–H and O–H groups in total. The van der Waals surface area contributed by atoms with Crippen LogP contribution in [0, 0.1) is 0 Å². The molecule has 1 aliphatic heterocycles. The van der Waals surface area contributed by atoms with Gasteiger partial charge >= 0.3 is 0 Å². The molecule has 3 heterocycles. The predicted molar refractivity (Wildman–Crippen MR) is 80.8 cm³/mol. The number of aryl methyl sites for hydroxylation is 1. The Kier molecular flexibility index (Phi) is 3.61. The summed E-state index contributed by atoms with van der Waals surface area (Å²) < 4.78 is 7.80. The number of oxazole rings is 1. The molecule has 21 heavy (non-hydrogen) atoms. The number of likely N-dealkylation sites (tertiary alicyclic amines) is 1. The monoisotopic (exact) mass is 288 g/mol. The lowest BCUT2D eigenvalue weighted by atomic mass is 9.94. The number of nitrogens with zero attached hydrogens (tertiary/aromatic N) is 4. The average molecular weight is 288 g/mol. The fourth-order valence-electron chi connectivity index (χ4n) is 2.91. The first kappa shape index (κ1) is 14.3. The molecule has 0 saturated carbocycles. The Balaban J connectivity index is 1.73. The zero-order valence-electron chi connectivity index (χ0n) is 13.3. The second-order valence-corrected chi connectivity index (χ2v) is 6.94. The molecule has 1 fully saturated rings. The van der Waals surface area contributed by atoms with Crippen molar-refractivity contribution in [3.05, 3.63) is 35.8 Å². The first-order chi connectivity index (χ1) is 9.93. The van der Waals surface area contributed by atoms with Gasteiger partial charge in [0.15, 0.2) is 0 Å². The molecule has 0 bridgehead atoms. The van der Waals surface area contributed by atoms with E-state index in [0.717, 1.165) is 24.7 Å². The molecule has 3 rings (SSSR count). The average Bonchev–Trinajstić information content (AvgIpc) is 3.08. The first-order valence-corrected chi connectivity index (χ1v) is 7.61. The third kappa shape index (κ3) is 3.02. The minimum atomic E-state index is 0.0129. The van der Waals surface area contributed by atoms with Crippen LogP contribution in [0.4, 0.5) is 0 Å². The Morgan fingerprint density at radius 2 is 2.14 bits per heavy atom. The van der Waals surface area contributed by atoms with Gasteiger partial charge in [0.2, 0.25) is 5.89 Å². The molecular weight excluding hydrogens is 264 g/mol. The van der Waals surface area contributed by atoms with Gasteiger partial charge in [0.25, 0.3) is 0 Å². The molecule has 0 amide bonds. The summed E-state index contributed by atoms with van der Waals surface area (Å²) in [6.07, 6.45) is 8.34. The van der Waals surface area contributed by atoms with E-state index < -0.39 is 0 Å². The highest BCUT2D eigenvalue weighted by molar-refractivity contribution is 5.13. The topological polar surface area (TPSA) is 47.1 Å². The summed E-state index contributed by atoms with van der Waals surface area (Å²) in [5.41, 5.74) is 1.30. The molecule has 1 atom stereocenters. The van der Waals surface area contributed by atoms with Crippen LogP contribution < -0.4 is 0 Å². The molecular formula is C16H24N4O. The molecule has 2 aromatic heterocycles. The Morgan fingerprint density at radius 1 is 1.33 bits per heavy atom. The van der Waals surface area contributed by atoms with Crippen LogP contribution in [0.5, 0.6) is 0 Å². The maximum Gasteiger partial charge on any atom is 0.208 e. The molecule has 114 valence electrons. The fourth-order valence-corrected chi connectivity index (χ4v) is 2.91. The van der Waals surface area contributed by atoms with Gasteiger partial charge in [-0.3, -0.25) is 9.58 Å². The molecule has 5 heteroatoms. The zero-order chi connectivity index (χ0) is 15.0. The van der Waals surface area contributed by atoms with E-state index in [1.54, 1.807) is 0 Å². The maximum atomic E-state index is 5.93. The van der Waals surface area contributed by atoms with Crippen molar-refractivity contribution in [1.82, 2.24) is 19.7 Å². The van der Waals surface area contributed by atoms with Crippen molar-refractivity contribution in [3.8, 4) is 0 Å². The van der Waals surface area contributed by atoms with E-state index in [4.69, 9.17) is 4.42 Å². The summed E-state index contributed by atoms with van der Waals surface area (Å²) in [7, 11) is 1.96. The lowest BCUT2D eigenvalue weighted by Gasteiger charge is -2.22. The van der Waals surface area contributed by atoms with Gasteiger partial charge < -0.3 is 4.42 Å². The number of hydrogen-bond acceptors (Lipinski definition) is 4. The highest BCUT2D eigenvalue weighted by Gasteiger charge is 2.28. The van der Waals surface area contributed by atoms with Crippen molar-refractivity contribution >= 4 is 0 Å². The van der Waals surface area contributed by atoms with Gasteiger partial charge in [0.05, 0.1) is 18.9 Å². The molecule has 0 aliphatic carbocycles. The summed E-state index contributed by atoms with van der Waals surface area (Å²) in [5, 5.41) is 4.29. The SMILES string of the molecule is Cn1cc(C2CCCN2Cc2ncc(C(C)(C)C)o2)cn1. The van der Waals surface area contributed by atoms with Crippen molar-refractivity contribution in [3.63, 3.8) is 0 Å². The second kappa shape index (κ2) is 5.30. The van der Waals surface area contributed by atoms with Crippen LogP contribution in [-0.2, 0) is 19.0 Å². The Hall–Kier alpha value is -1.62. The lowest BCUT2D eigenvalue weighted by Crippen LogP contribution is -2.22. The van der Waals surface area contributed by atoms with Crippen molar-refractivity contribution < 1.29 is 4.42 Å². The van der Waals surface area contributed by atoms with Crippen LogP contribution in [0.15, 0.2) is 23.0 Å². The quantitative estimate of drug-likeness (QED) is 0.871. The highest BCUT2D eigenvalue weighted by Crippen LogP contribution is 2.33. The number of hydrogen-bond donors (Lipinski definition) is 0. The Morgan fingerprint density at radius 3 is 2.76 bits per heavy atom. The summed E-state index contributed by atoms with van der Waals surface area (Å²) in [6.45, 7) is 8.30. The second-order valence-electron chi connectivity index (χ2n) is 6.94. The van der Waals surface area contributed by atoms with E-state index >= 15 is 0 Å². The van der Waals surface area contributed by atoms with E-state index in [1.807, 2.05) is 24.1 Å². The molecule has 1 aliphatic rings. The Bertz CT molecular complexity index is 608. The summed E-state index contributed by atoms with van der Waals surface area (Å²) >= 11 is 0. The molecule has 0 radical (unpaired) electrons. The van der Waals surface area contributed by atoms with Crippen LogP contribution >= 0.6 is 0 Å². The largest absolute Gasteiger partial charge is 0.444 e. The van der Waals surface area contributed by atoms with E-state index in [2.05, 4.69) is 42.0 Å². The third-order valence-corrected chi connectivity index (χ3v) is 4.10. The van der Waals surface area contributed by atoms with Crippen LogP contribution in [0.3, 0.4) is 0 Å². The molecule has 0 aromatic carbocycles. The lowest BCUT2D eigenvalue weighted by molar-refractivity contribution is 0.218. The maximum absolute atomic E-state index is 5.93. The normalized spacial score (nSPS) is 20.3. The van der Waals surface area contributed by atoms with Crippen LogP contribution in [0.1, 0.15) is 56.9 Å². The third-order valence-electron chi connectivity index (χ3n) is 4.10. The van der Waals surface area contributed by atoms with E-state index in [1.165, 1.54) is 18.4 Å². The van der Waals surface area contributed by atoms with Crippen LogP contribution in [0.25, 0.3) is 0 Å². The van der Waals surface area contributed by atoms with Crippen molar-refractivity contribution in [2.24, 2.45) is 7.05 Å². The van der Waals surface area contributed by atoms with Crippen LogP contribution in [0.2, 0.25) is 0 Å². The predicted octanol–water partition coefficient (Wildman–Crippen LogP) is 3.04. The van der Waals surface area contributed by atoms with Gasteiger partial charge in [0, 0.05) is 30.3 Å². The van der Waals surface area contributed by atoms with E-state index in [9.17, 15) is 0 Å². The zero-order valence-corrected chi connectivity index (χ0v) is 13.3. The van der Waals surface area contributed by atoms with Crippen molar-refractivity contribution in [2.75, 3.05) is 6.54 Å². The minimum Gasteiger partial charge on any atom is -0.444 e. The van der Waals surface area contributed by atoms with Gasteiger partial charge in [-0.2, -0.15) is 5.10 Å². The minimum absolute atomic E-state index is 0.0129. The van der Waals surface area contributed by atoms with Crippen molar-refractivity contribution in [1.29, 1.82) is 0 Å². The van der Waals surface area contributed by atoms with Gasteiger partial charge in [0.1, 0.15) is 5.76 Å². The highest BCUT2D eigenvalue weighted by atomic mass is 16.4. The molecule has 1 unspecified atom stereocenters. The van der Waals surface area contributed by atoms with Gasteiger partial charge in [-0.15, -0.1) is 0 Å². The standard InChI is InChI=1S/C16H24N4O/c1-16(2,3)14-9-17-15(21-14)11-20-7-5-6-13(20)12-8-18-19(4)10-12/h8-10,13H,5-7,11H2,1-4H3. The first-order valence-electron chi connectivity index (χ1n) is 7.61. The van der Waals surface area contributed by atoms with E-state index in [0.29, 0.717) is 6.04 Å². The molecule has 0 spiro atoms. The van der Waals surface area contributed by atoms with Gasteiger partial charge in [-0.25, -0.2) is 4.98 Å². The van der Waals surface area contributed by atoms with Crippen LogP contribution in [-0.4, -0.2) is 26.2 Å². The number of aromatic nitrogens is 3. The summed E-state index contributed by atoms with van der Waals surface area (Å²) in [4.78, 5) is 6.89. The fraction of sp³-hybridized carbons (Fsp3) is 0.625. The molecule has 2 aromatic rings. The molecule has 1 saturated heterocycles. The van der Waals surface area contributed by atoms with Gasteiger partial charge in [-0.05, 0) is 19.4 Å². The Labute approximate surface area is 126 Å². The van der Waals surface area contributed by atoms with E-state index in [-0.39, 0.29) is 5.41 Å². The summed E-state index contributed by atoms with van der Waals surface area (Å²) in [6, 6.07) is 0.434. The van der Waals surface area contributed by atoms with Gasteiger partial charge in [-0.1, -0.05) is 20.8 Å². The smallest absolute Gasteiger partial charge is 0.208 e. The summed E-state index contributed by atoms with van der Waals surface area (Å²) in [5.74, 6) is 1.77. The number of rotatable bonds is 3. The molecule has 5 nitrogen and oxygen atoms in total.